The molecule has 0 saturated carbocycles. The quantitative estimate of drug-likeness (QED) is 0.739. The van der Waals surface area contributed by atoms with E-state index in [-0.39, 0.29) is 5.92 Å². The number of piperidine rings is 2. The highest BCUT2D eigenvalue weighted by Crippen LogP contribution is 2.26. The molecule has 3 heteroatoms. The van der Waals surface area contributed by atoms with Crippen molar-refractivity contribution in [2.45, 2.75) is 45.6 Å². The summed E-state index contributed by atoms with van der Waals surface area (Å²) in [5, 5.41) is 0. The molecule has 0 N–H and O–H groups in total. The maximum atomic E-state index is 13.2. The van der Waals surface area contributed by atoms with Gasteiger partial charge < -0.3 is 4.90 Å². The van der Waals surface area contributed by atoms with Gasteiger partial charge in [0.2, 0.25) is 5.91 Å². The minimum Gasteiger partial charge on any atom is -0.342 e. The summed E-state index contributed by atoms with van der Waals surface area (Å²) >= 11 is 0. The van der Waals surface area contributed by atoms with E-state index >= 15 is 0 Å². The van der Waals surface area contributed by atoms with Crippen molar-refractivity contribution in [3.8, 4) is 0 Å². The second kappa shape index (κ2) is 9.58. The van der Waals surface area contributed by atoms with E-state index in [1.807, 2.05) is 0 Å². The van der Waals surface area contributed by atoms with Gasteiger partial charge in [-0.1, -0.05) is 60.2 Å². The molecule has 1 atom stereocenters. The van der Waals surface area contributed by atoms with Gasteiger partial charge in [-0.05, 0) is 62.6 Å². The van der Waals surface area contributed by atoms with Gasteiger partial charge in [-0.25, -0.2) is 0 Å². The lowest BCUT2D eigenvalue weighted by Gasteiger charge is -2.38. The third-order valence-corrected chi connectivity index (χ3v) is 6.67. The zero-order chi connectivity index (χ0) is 20.1. The van der Waals surface area contributed by atoms with Gasteiger partial charge in [-0.15, -0.1) is 0 Å². The fraction of sp³-hybridized carbons (Fsp3) is 0.500. The maximum absolute atomic E-state index is 13.2. The zero-order valence-electron chi connectivity index (χ0n) is 17.7. The highest BCUT2D eigenvalue weighted by Gasteiger charge is 2.31. The smallest absolute Gasteiger partial charge is 0.226 e. The van der Waals surface area contributed by atoms with Crippen molar-refractivity contribution < 1.29 is 4.79 Å². The molecule has 0 aromatic heterocycles. The number of carbonyl (C=O) groups excluding carboxylic acids is 1. The number of nitrogens with zero attached hydrogens (tertiary/aromatic N) is 2. The number of aryl methyl sites for hydroxylation is 1. The molecule has 2 heterocycles. The molecule has 154 valence electrons. The predicted octanol–water partition coefficient (Wildman–Crippen LogP) is 4.69. The maximum Gasteiger partial charge on any atom is 0.226 e. The van der Waals surface area contributed by atoms with E-state index in [2.05, 4.69) is 71.3 Å². The highest BCUT2D eigenvalue weighted by molar-refractivity contribution is 5.79. The van der Waals surface area contributed by atoms with Gasteiger partial charge in [0, 0.05) is 26.2 Å². The van der Waals surface area contributed by atoms with Crippen molar-refractivity contribution in [1.29, 1.82) is 0 Å². The van der Waals surface area contributed by atoms with Gasteiger partial charge in [0.1, 0.15) is 0 Å². The molecule has 29 heavy (non-hydrogen) atoms. The number of hydrogen-bond donors (Lipinski definition) is 0. The fourth-order valence-electron chi connectivity index (χ4n) is 4.92. The Kier molecular flexibility index (Phi) is 6.66. The Labute approximate surface area is 175 Å². The van der Waals surface area contributed by atoms with Gasteiger partial charge in [-0.3, -0.25) is 9.69 Å². The minimum absolute atomic E-state index is 0.180. The summed E-state index contributed by atoms with van der Waals surface area (Å²) in [6.07, 6.45) is 5.61. The van der Waals surface area contributed by atoms with Crippen LogP contribution in [0.1, 0.15) is 42.4 Å². The van der Waals surface area contributed by atoms with Crippen molar-refractivity contribution in [3.63, 3.8) is 0 Å². The van der Waals surface area contributed by atoms with Crippen LogP contribution in [0.5, 0.6) is 0 Å². The Morgan fingerprint density at radius 3 is 2.34 bits per heavy atom. The number of rotatable bonds is 5. The van der Waals surface area contributed by atoms with E-state index in [9.17, 15) is 4.79 Å². The Morgan fingerprint density at radius 2 is 1.62 bits per heavy atom. The Morgan fingerprint density at radius 1 is 0.897 bits per heavy atom. The molecular formula is C26H34N2O. The Balaban J connectivity index is 1.26. The van der Waals surface area contributed by atoms with Crippen LogP contribution in [0.2, 0.25) is 0 Å². The monoisotopic (exact) mass is 390 g/mol. The topological polar surface area (TPSA) is 23.6 Å². The van der Waals surface area contributed by atoms with E-state index in [1.165, 1.54) is 16.7 Å². The molecule has 0 bridgehead atoms. The summed E-state index contributed by atoms with van der Waals surface area (Å²) in [5.74, 6) is 1.29. The summed E-state index contributed by atoms with van der Waals surface area (Å²) in [7, 11) is 0. The van der Waals surface area contributed by atoms with Crippen LogP contribution in [0.25, 0.3) is 0 Å². The van der Waals surface area contributed by atoms with E-state index < -0.39 is 0 Å². The second-order valence-corrected chi connectivity index (χ2v) is 9.02. The number of carbonyl (C=O) groups is 1. The molecule has 2 aliphatic heterocycles. The molecule has 0 spiro atoms. The average molecular weight is 391 g/mol. The van der Waals surface area contributed by atoms with Crippen LogP contribution in [-0.2, 0) is 17.8 Å². The Hall–Kier alpha value is -2.13. The second-order valence-electron chi connectivity index (χ2n) is 9.02. The first-order chi connectivity index (χ1) is 14.2. The Bertz CT molecular complexity index is 778. The first-order valence-electron chi connectivity index (χ1n) is 11.3. The predicted molar refractivity (Wildman–Crippen MR) is 119 cm³/mol. The molecule has 2 aromatic carbocycles. The molecule has 4 rings (SSSR count). The largest absolute Gasteiger partial charge is 0.342 e. The third kappa shape index (κ3) is 5.48. The molecule has 2 fully saturated rings. The summed E-state index contributed by atoms with van der Waals surface area (Å²) in [5.41, 5.74) is 4.08. The van der Waals surface area contributed by atoms with Gasteiger partial charge in [0.05, 0.1) is 5.92 Å². The standard InChI is InChI=1S/C26H34N2O/c1-21-9-11-24(12-10-21)19-27-15-5-8-25(20-27)26(29)28-16-13-23(14-17-28)18-22-6-3-2-4-7-22/h2-4,6-7,9-12,23,25H,5,8,13-20H2,1H3. The normalized spacial score (nSPS) is 21.3. The molecule has 1 amide bonds. The molecule has 0 aliphatic carbocycles. The van der Waals surface area contributed by atoms with Crippen molar-refractivity contribution in [1.82, 2.24) is 9.80 Å². The first kappa shape index (κ1) is 20.2. The first-order valence-corrected chi connectivity index (χ1v) is 11.3. The van der Waals surface area contributed by atoms with Crippen LogP contribution in [0.4, 0.5) is 0 Å². The average Bonchev–Trinajstić information content (AvgIpc) is 2.76. The summed E-state index contributed by atoms with van der Waals surface area (Å²) in [6.45, 7) is 6.98. The van der Waals surface area contributed by atoms with Crippen molar-refractivity contribution in [3.05, 3.63) is 71.3 Å². The lowest BCUT2D eigenvalue weighted by molar-refractivity contribution is -0.138. The lowest BCUT2D eigenvalue weighted by Crippen LogP contribution is -2.47. The molecule has 2 aliphatic rings. The third-order valence-electron chi connectivity index (χ3n) is 6.67. The SMILES string of the molecule is Cc1ccc(CN2CCCC(C(=O)N3CCC(Cc4ccccc4)CC3)C2)cc1. The summed E-state index contributed by atoms with van der Waals surface area (Å²) in [6, 6.07) is 19.6. The van der Waals surface area contributed by atoms with Crippen LogP contribution in [0, 0.1) is 18.8 Å². The number of likely N-dealkylation sites (tertiary alicyclic amines) is 2. The lowest BCUT2D eigenvalue weighted by atomic mass is 9.89. The van der Waals surface area contributed by atoms with Crippen molar-refractivity contribution in [2.24, 2.45) is 11.8 Å². The molecule has 2 aromatic rings. The summed E-state index contributed by atoms with van der Waals surface area (Å²) < 4.78 is 0. The van der Waals surface area contributed by atoms with E-state index in [0.717, 1.165) is 64.8 Å². The van der Waals surface area contributed by atoms with Gasteiger partial charge in [0.25, 0.3) is 0 Å². The number of hydrogen-bond acceptors (Lipinski definition) is 2. The van der Waals surface area contributed by atoms with Gasteiger partial charge >= 0.3 is 0 Å². The van der Waals surface area contributed by atoms with E-state index in [1.54, 1.807) is 0 Å². The highest BCUT2D eigenvalue weighted by atomic mass is 16.2. The van der Waals surface area contributed by atoms with E-state index in [0.29, 0.717) is 11.8 Å². The molecule has 1 unspecified atom stereocenters. The van der Waals surface area contributed by atoms with E-state index in [4.69, 9.17) is 0 Å². The van der Waals surface area contributed by atoms with Crippen LogP contribution in [0.15, 0.2) is 54.6 Å². The molecule has 3 nitrogen and oxygen atoms in total. The van der Waals surface area contributed by atoms with Crippen LogP contribution in [0.3, 0.4) is 0 Å². The van der Waals surface area contributed by atoms with Crippen LogP contribution >= 0.6 is 0 Å². The summed E-state index contributed by atoms with van der Waals surface area (Å²) in [4.78, 5) is 17.8. The number of benzene rings is 2. The molecule has 2 saturated heterocycles. The van der Waals surface area contributed by atoms with Crippen molar-refractivity contribution in [2.75, 3.05) is 26.2 Å². The van der Waals surface area contributed by atoms with Gasteiger partial charge in [-0.2, -0.15) is 0 Å². The molecule has 0 radical (unpaired) electrons. The zero-order valence-corrected chi connectivity index (χ0v) is 17.7. The van der Waals surface area contributed by atoms with Crippen LogP contribution < -0.4 is 0 Å². The van der Waals surface area contributed by atoms with Crippen molar-refractivity contribution >= 4 is 5.91 Å². The molecular weight excluding hydrogens is 356 g/mol. The van der Waals surface area contributed by atoms with Gasteiger partial charge in [0.15, 0.2) is 0 Å². The van der Waals surface area contributed by atoms with Crippen LogP contribution in [-0.4, -0.2) is 41.9 Å². The number of amides is 1. The fourth-order valence-corrected chi connectivity index (χ4v) is 4.92. The minimum atomic E-state index is 0.180.